The summed E-state index contributed by atoms with van der Waals surface area (Å²) in [6.45, 7) is 4.66. The first-order valence-electron chi connectivity index (χ1n) is 12.7. The molecular weight excluding hydrogens is 638 g/mol. The van der Waals surface area contributed by atoms with E-state index in [0.29, 0.717) is 22.4 Å². The molecule has 11 nitrogen and oxygen atoms in total. The van der Waals surface area contributed by atoms with Crippen LogP contribution >= 0.6 is 22.9 Å². The van der Waals surface area contributed by atoms with Gasteiger partial charge in [0.25, 0.3) is 10.0 Å². The number of aryl methyl sites for hydroxylation is 1. The van der Waals surface area contributed by atoms with Gasteiger partial charge in [0.2, 0.25) is 5.95 Å². The molecule has 4 aromatic heterocycles. The van der Waals surface area contributed by atoms with Gasteiger partial charge in [0.05, 0.1) is 28.6 Å². The van der Waals surface area contributed by atoms with Gasteiger partial charge in [-0.2, -0.15) is 9.49 Å². The maximum atomic E-state index is 15.6. The minimum atomic E-state index is -4.90. The Morgan fingerprint density at radius 3 is 2.45 bits per heavy atom. The van der Waals surface area contributed by atoms with Crippen molar-refractivity contribution >= 4 is 44.9 Å². The minimum absolute atomic E-state index is 0.117. The van der Waals surface area contributed by atoms with E-state index >= 15 is 4.39 Å². The van der Waals surface area contributed by atoms with Crippen molar-refractivity contribution in [3.63, 3.8) is 0 Å². The summed E-state index contributed by atoms with van der Waals surface area (Å²) < 4.78 is 69.7. The van der Waals surface area contributed by atoms with Gasteiger partial charge in [0.15, 0.2) is 11.6 Å². The van der Waals surface area contributed by atoms with Crippen molar-refractivity contribution in [2.45, 2.75) is 31.3 Å². The molecule has 0 spiro atoms. The Bertz CT molecular complexity index is 1960. The van der Waals surface area contributed by atoms with Crippen LogP contribution in [0.1, 0.15) is 20.8 Å². The fraction of sp³-hybridized carbons (Fsp3) is 0.179. The number of carbonyl (C=O) groups is 1. The normalized spacial score (nSPS) is 11.8. The van der Waals surface area contributed by atoms with Gasteiger partial charge in [0, 0.05) is 53.6 Å². The molecule has 0 N–H and O–H groups in total. The summed E-state index contributed by atoms with van der Waals surface area (Å²) in [7, 11) is -3.19. The van der Waals surface area contributed by atoms with Crippen LogP contribution in [0.5, 0.6) is 11.5 Å². The number of amides is 1. The highest BCUT2D eigenvalue weighted by Gasteiger charge is 2.38. The van der Waals surface area contributed by atoms with Gasteiger partial charge in [-0.1, -0.05) is 11.6 Å². The highest BCUT2D eigenvalue weighted by atomic mass is 35.5. The van der Waals surface area contributed by atoms with E-state index in [9.17, 15) is 17.6 Å². The van der Waals surface area contributed by atoms with Gasteiger partial charge in [-0.15, -0.1) is 15.6 Å². The Hall–Kier alpha value is -4.47. The molecular formula is C28H23ClF2N6O5S2. The van der Waals surface area contributed by atoms with Crippen molar-refractivity contribution < 1.29 is 31.5 Å². The second-order valence-electron chi connectivity index (χ2n) is 10.2. The fourth-order valence-corrected chi connectivity index (χ4v) is 6.16. The number of rotatable bonds is 7. The molecule has 4 heterocycles. The van der Waals surface area contributed by atoms with Crippen LogP contribution in [0.25, 0.3) is 22.4 Å². The number of sulfonamides is 1. The van der Waals surface area contributed by atoms with Gasteiger partial charge in [-0.25, -0.2) is 27.6 Å². The van der Waals surface area contributed by atoms with Gasteiger partial charge in [-0.05, 0) is 39.0 Å². The van der Waals surface area contributed by atoms with E-state index in [-0.39, 0.29) is 26.6 Å². The lowest BCUT2D eigenvalue weighted by molar-refractivity contribution is 0.0608. The lowest BCUT2D eigenvalue weighted by Crippen LogP contribution is -2.41. The van der Waals surface area contributed by atoms with Gasteiger partial charge < -0.3 is 9.47 Å². The molecule has 0 aliphatic rings. The second kappa shape index (κ2) is 11.9. The molecule has 0 aliphatic heterocycles. The van der Waals surface area contributed by atoms with Crippen LogP contribution in [0.15, 0.2) is 70.9 Å². The van der Waals surface area contributed by atoms with Crippen molar-refractivity contribution in [1.29, 1.82) is 0 Å². The predicted octanol–water partition coefficient (Wildman–Crippen LogP) is 6.85. The van der Waals surface area contributed by atoms with Crippen LogP contribution < -0.4 is 9.04 Å². The van der Waals surface area contributed by atoms with Crippen LogP contribution in [0, 0.1) is 11.8 Å². The Kier molecular flexibility index (Phi) is 8.38. The first-order chi connectivity index (χ1) is 20.7. The smallest absolute Gasteiger partial charge is 0.430 e. The number of hydrogen-bond donors (Lipinski definition) is 0. The second-order valence-corrected chi connectivity index (χ2v) is 13.1. The molecule has 5 aromatic rings. The molecule has 1 amide bonds. The average molecular weight is 661 g/mol. The van der Waals surface area contributed by atoms with Crippen molar-refractivity contribution in [3.05, 3.63) is 82.8 Å². The molecule has 228 valence electrons. The Morgan fingerprint density at radius 1 is 1.05 bits per heavy atom. The Labute approximate surface area is 259 Å². The zero-order chi connectivity index (χ0) is 31.8. The Morgan fingerprint density at radius 2 is 1.82 bits per heavy atom. The van der Waals surface area contributed by atoms with Crippen molar-refractivity contribution in [1.82, 2.24) is 24.7 Å². The fourth-order valence-electron chi connectivity index (χ4n) is 3.96. The number of halogens is 3. The standard InChI is InChI=1S/C28H23ClF2N6O5S2/c1-28(2,3)42-27(38)37(26-14-43-15-34-26)44(39,40)24-9-19(29)22(10-20(24)30)41-23-12-33-21(16-5-6-32-25(31)7-16)8-18(23)17-11-35-36(4)13-17/h5-15H,1-4H3. The monoisotopic (exact) mass is 660 g/mol. The number of ether oxygens (including phenoxy) is 2. The number of benzene rings is 1. The van der Waals surface area contributed by atoms with E-state index < -0.39 is 38.4 Å². The first kappa shape index (κ1) is 31.0. The molecule has 1 aromatic carbocycles. The third-order valence-corrected chi connectivity index (χ3v) is 8.37. The summed E-state index contributed by atoms with van der Waals surface area (Å²) in [6, 6.07) is 6.03. The van der Waals surface area contributed by atoms with E-state index in [2.05, 4.69) is 20.1 Å². The van der Waals surface area contributed by atoms with Crippen molar-refractivity contribution in [3.8, 4) is 33.9 Å². The topological polar surface area (TPSA) is 129 Å². The molecule has 16 heteroatoms. The van der Waals surface area contributed by atoms with Crippen molar-refractivity contribution in [2.24, 2.45) is 7.05 Å². The first-order valence-corrected chi connectivity index (χ1v) is 15.4. The lowest BCUT2D eigenvalue weighted by atomic mass is 10.1. The lowest BCUT2D eigenvalue weighted by Gasteiger charge is -2.26. The molecule has 0 fully saturated rings. The van der Waals surface area contributed by atoms with E-state index in [1.807, 2.05) is 0 Å². The predicted molar refractivity (Wildman–Crippen MR) is 159 cm³/mol. The molecule has 44 heavy (non-hydrogen) atoms. The molecule has 0 saturated heterocycles. The van der Waals surface area contributed by atoms with Crippen molar-refractivity contribution in [2.75, 3.05) is 4.31 Å². The number of nitrogens with zero attached hydrogens (tertiary/aromatic N) is 6. The molecule has 0 saturated carbocycles. The third-order valence-electron chi connectivity index (χ3n) is 5.82. The molecule has 0 aliphatic carbocycles. The number of anilines is 1. The maximum absolute atomic E-state index is 15.6. The third kappa shape index (κ3) is 6.54. The van der Waals surface area contributed by atoms with Crippen LogP contribution in [-0.4, -0.2) is 44.8 Å². The van der Waals surface area contributed by atoms with Gasteiger partial charge in [-0.3, -0.25) is 9.67 Å². The highest BCUT2D eigenvalue weighted by molar-refractivity contribution is 7.93. The quantitative estimate of drug-likeness (QED) is 0.172. The average Bonchev–Trinajstić information content (AvgIpc) is 3.61. The molecule has 0 radical (unpaired) electrons. The SMILES string of the molecule is Cn1cc(-c2cc(-c3ccnc(F)c3)ncc2Oc2cc(F)c(S(=O)(=O)N(C(=O)OC(C)(C)C)c3cscn3)cc2Cl)cn1. The van der Waals surface area contributed by atoms with Crippen LogP contribution in [0.3, 0.4) is 0 Å². The van der Waals surface area contributed by atoms with Crippen LogP contribution in [0.2, 0.25) is 5.02 Å². The van der Waals surface area contributed by atoms with Gasteiger partial charge >= 0.3 is 6.09 Å². The largest absolute Gasteiger partial charge is 0.453 e. The number of thiazole rings is 1. The van der Waals surface area contributed by atoms with Crippen LogP contribution in [0.4, 0.5) is 19.4 Å². The molecule has 0 atom stereocenters. The number of pyridine rings is 2. The summed E-state index contributed by atoms with van der Waals surface area (Å²) in [6.07, 6.45) is 4.61. The summed E-state index contributed by atoms with van der Waals surface area (Å²) in [5.41, 5.74) is 2.13. The summed E-state index contributed by atoms with van der Waals surface area (Å²) in [5.74, 6) is -2.35. The number of hydrogen-bond acceptors (Lipinski definition) is 10. The maximum Gasteiger partial charge on any atom is 0.430 e. The van der Waals surface area contributed by atoms with E-state index in [0.717, 1.165) is 23.5 Å². The zero-order valence-electron chi connectivity index (χ0n) is 23.5. The Balaban J connectivity index is 1.54. The zero-order valence-corrected chi connectivity index (χ0v) is 25.9. The van der Waals surface area contributed by atoms with Crippen LogP contribution in [-0.2, 0) is 21.8 Å². The highest BCUT2D eigenvalue weighted by Crippen LogP contribution is 2.40. The minimum Gasteiger partial charge on any atom is -0.453 e. The number of carbonyl (C=O) groups excluding carboxylic acids is 1. The molecule has 0 bridgehead atoms. The van der Waals surface area contributed by atoms with E-state index in [1.54, 1.807) is 57.0 Å². The molecule has 5 rings (SSSR count). The summed E-state index contributed by atoms with van der Waals surface area (Å²) in [4.78, 5) is 23.9. The number of aromatic nitrogens is 5. The van der Waals surface area contributed by atoms with E-state index in [1.165, 1.54) is 29.4 Å². The molecule has 0 unspecified atom stereocenters. The van der Waals surface area contributed by atoms with E-state index in [4.69, 9.17) is 21.1 Å². The summed E-state index contributed by atoms with van der Waals surface area (Å²) >= 11 is 7.46. The summed E-state index contributed by atoms with van der Waals surface area (Å²) in [5, 5.41) is 5.19. The van der Waals surface area contributed by atoms with Gasteiger partial charge in [0.1, 0.15) is 22.1 Å².